The van der Waals surface area contributed by atoms with Crippen LogP contribution in [0, 0.1) is 5.82 Å². The summed E-state index contributed by atoms with van der Waals surface area (Å²) in [6.45, 7) is 0.0425. The molecule has 0 radical (unpaired) electrons. The highest BCUT2D eigenvalue weighted by Crippen LogP contribution is 2.29. The molecule has 3 N–H and O–H groups in total. The minimum atomic E-state index is -3.79. The number of benzene rings is 3. The van der Waals surface area contributed by atoms with Crippen LogP contribution in [0.15, 0.2) is 77.7 Å². The Morgan fingerprint density at radius 1 is 1.03 bits per heavy atom. The number of nitrogens with zero attached hydrogens (tertiary/aromatic N) is 1. The van der Waals surface area contributed by atoms with Gasteiger partial charge in [-0.3, -0.25) is 9.59 Å². The third kappa shape index (κ3) is 5.57. The molecule has 8 nitrogen and oxygen atoms in total. The van der Waals surface area contributed by atoms with Gasteiger partial charge in [0.05, 0.1) is 4.90 Å². The zero-order valence-electron chi connectivity index (χ0n) is 18.9. The molecule has 1 aliphatic rings. The maximum atomic E-state index is 13.5. The molecule has 4 rings (SSSR count). The molecule has 0 spiro atoms. The third-order valence-corrected chi connectivity index (χ3v) is 7.45. The number of sulfonamides is 1. The van der Waals surface area contributed by atoms with Crippen LogP contribution in [0.5, 0.6) is 0 Å². The van der Waals surface area contributed by atoms with E-state index in [1.807, 2.05) is 18.2 Å². The standard InChI is InChI=1S/C25H23ClFN3O5S/c26-19-12-18(13-20(27)14-19)15-28-23(31)25(33)10-11-30(24(25)32)21-6-8-22(9-7-21)36(34,35)29-16-17-4-2-1-3-5-17/h1-9,12-14,29,33H,10-11,15-16H2,(H,28,31)/t25-/m0/s1. The lowest BCUT2D eigenvalue weighted by molar-refractivity contribution is -0.149. The highest BCUT2D eigenvalue weighted by molar-refractivity contribution is 7.89. The van der Waals surface area contributed by atoms with Gasteiger partial charge < -0.3 is 15.3 Å². The summed E-state index contributed by atoms with van der Waals surface area (Å²) in [5.74, 6) is -2.33. The van der Waals surface area contributed by atoms with E-state index in [4.69, 9.17) is 11.6 Å². The average Bonchev–Trinajstić information content (AvgIpc) is 3.17. The Labute approximate surface area is 212 Å². The van der Waals surface area contributed by atoms with Crippen molar-refractivity contribution >= 4 is 39.1 Å². The highest BCUT2D eigenvalue weighted by atomic mass is 35.5. The smallest absolute Gasteiger partial charge is 0.268 e. The van der Waals surface area contributed by atoms with Crippen molar-refractivity contribution < 1.29 is 27.5 Å². The monoisotopic (exact) mass is 531 g/mol. The second-order valence-electron chi connectivity index (χ2n) is 8.33. The fraction of sp³-hybridized carbons (Fsp3) is 0.200. The molecule has 1 fully saturated rings. The lowest BCUT2D eigenvalue weighted by Gasteiger charge is -2.22. The van der Waals surface area contributed by atoms with E-state index < -0.39 is 33.3 Å². The molecule has 36 heavy (non-hydrogen) atoms. The Kier molecular flexibility index (Phi) is 7.41. The van der Waals surface area contributed by atoms with Gasteiger partial charge in [-0.1, -0.05) is 41.9 Å². The van der Waals surface area contributed by atoms with Crippen LogP contribution in [-0.2, 0) is 32.7 Å². The first-order valence-corrected chi connectivity index (χ1v) is 12.9. The Morgan fingerprint density at radius 2 is 1.72 bits per heavy atom. The summed E-state index contributed by atoms with van der Waals surface area (Å²) >= 11 is 5.81. The second-order valence-corrected chi connectivity index (χ2v) is 10.5. The van der Waals surface area contributed by atoms with Gasteiger partial charge in [0.1, 0.15) is 5.82 Å². The van der Waals surface area contributed by atoms with Crippen molar-refractivity contribution in [2.45, 2.75) is 30.0 Å². The Hall–Kier alpha value is -3.31. The van der Waals surface area contributed by atoms with Crippen molar-refractivity contribution in [3.8, 4) is 0 Å². The van der Waals surface area contributed by atoms with Crippen molar-refractivity contribution in [2.24, 2.45) is 0 Å². The second kappa shape index (κ2) is 10.4. The summed E-state index contributed by atoms with van der Waals surface area (Å²) in [7, 11) is -3.79. The highest BCUT2D eigenvalue weighted by Gasteiger charge is 2.51. The SMILES string of the molecule is O=C(NCc1cc(F)cc(Cl)c1)[C@@]1(O)CCN(c2ccc(S(=O)(=O)NCc3ccccc3)cc2)C1=O. The van der Waals surface area contributed by atoms with Gasteiger partial charge >= 0.3 is 0 Å². The van der Waals surface area contributed by atoms with E-state index in [0.717, 1.165) is 11.6 Å². The summed E-state index contributed by atoms with van der Waals surface area (Å²) in [5, 5.41) is 13.4. The van der Waals surface area contributed by atoms with Crippen LogP contribution in [0.4, 0.5) is 10.1 Å². The number of anilines is 1. The number of amides is 2. The fourth-order valence-electron chi connectivity index (χ4n) is 3.87. The summed E-state index contributed by atoms with van der Waals surface area (Å²) < 4.78 is 41.2. The molecule has 0 saturated carbocycles. The topological polar surface area (TPSA) is 116 Å². The van der Waals surface area contributed by atoms with E-state index in [1.54, 1.807) is 12.1 Å². The third-order valence-electron chi connectivity index (χ3n) is 5.82. The van der Waals surface area contributed by atoms with E-state index in [1.165, 1.54) is 41.3 Å². The van der Waals surface area contributed by atoms with Crippen molar-refractivity contribution in [1.29, 1.82) is 0 Å². The number of hydrogen-bond donors (Lipinski definition) is 3. The zero-order valence-corrected chi connectivity index (χ0v) is 20.5. The van der Waals surface area contributed by atoms with Crippen molar-refractivity contribution in [3.63, 3.8) is 0 Å². The van der Waals surface area contributed by atoms with E-state index in [0.29, 0.717) is 11.3 Å². The van der Waals surface area contributed by atoms with Crippen molar-refractivity contribution in [2.75, 3.05) is 11.4 Å². The van der Waals surface area contributed by atoms with Gasteiger partial charge in [-0.15, -0.1) is 0 Å². The number of rotatable bonds is 8. The Morgan fingerprint density at radius 3 is 2.39 bits per heavy atom. The maximum absolute atomic E-state index is 13.5. The van der Waals surface area contributed by atoms with Gasteiger partial charge in [0, 0.05) is 36.8 Å². The molecular formula is C25H23ClFN3O5S. The van der Waals surface area contributed by atoms with Gasteiger partial charge in [0.2, 0.25) is 15.6 Å². The number of carbonyl (C=O) groups is 2. The zero-order chi connectivity index (χ0) is 25.9. The molecule has 0 bridgehead atoms. The van der Waals surface area contributed by atoms with Crippen molar-refractivity contribution in [3.05, 3.63) is 94.8 Å². The maximum Gasteiger partial charge on any atom is 0.268 e. The van der Waals surface area contributed by atoms with Gasteiger partial charge in [-0.25, -0.2) is 17.5 Å². The quantitative estimate of drug-likeness (QED) is 0.387. The molecule has 1 aliphatic heterocycles. The number of nitrogens with one attached hydrogen (secondary N) is 2. The molecule has 3 aromatic carbocycles. The molecule has 188 valence electrons. The van der Waals surface area contributed by atoms with E-state index in [9.17, 15) is 27.5 Å². The lowest BCUT2D eigenvalue weighted by Crippen LogP contribution is -2.52. The van der Waals surface area contributed by atoms with Crippen LogP contribution in [0.1, 0.15) is 17.5 Å². The summed E-state index contributed by atoms with van der Waals surface area (Å²) in [4.78, 5) is 26.8. The van der Waals surface area contributed by atoms with Crippen LogP contribution in [-0.4, -0.2) is 37.5 Å². The van der Waals surface area contributed by atoms with Crippen LogP contribution < -0.4 is 14.9 Å². The first-order valence-electron chi connectivity index (χ1n) is 11.0. The van der Waals surface area contributed by atoms with Crippen LogP contribution >= 0.6 is 11.6 Å². The molecule has 0 aromatic heterocycles. The number of aliphatic hydroxyl groups is 1. The minimum Gasteiger partial charge on any atom is -0.372 e. The summed E-state index contributed by atoms with van der Waals surface area (Å²) in [5.41, 5.74) is -0.794. The van der Waals surface area contributed by atoms with E-state index in [2.05, 4.69) is 10.0 Å². The molecule has 1 saturated heterocycles. The summed E-state index contributed by atoms with van der Waals surface area (Å²) in [6, 6.07) is 18.4. The average molecular weight is 532 g/mol. The Bertz CT molecular complexity index is 1370. The lowest BCUT2D eigenvalue weighted by atomic mass is 10.0. The van der Waals surface area contributed by atoms with Crippen LogP contribution in [0.25, 0.3) is 0 Å². The van der Waals surface area contributed by atoms with E-state index in [-0.39, 0.29) is 36.0 Å². The number of hydrogen-bond acceptors (Lipinski definition) is 5. The number of halogens is 2. The fourth-order valence-corrected chi connectivity index (χ4v) is 5.13. The molecule has 1 atom stereocenters. The molecule has 0 unspecified atom stereocenters. The summed E-state index contributed by atoms with van der Waals surface area (Å²) in [6.07, 6.45) is -0.166. The molecule has 1 heterocycles. The first-order chi connectivity index (χ1) is 17.1. The minimum absolute atomic E-state index is 0.00980. The predicted octanol–water partition coefficient (Wildman–Crippen LogP) is 2.74. The largest absolute Gasteiger partial charge is 0.372 e. The van der Waals surface area contributed by atoms with E-state index >= 15 is 0 Å². The van der Waals surface area contributed by atoms with Crippen LogP contribution in [0.2, 0.25) is 5.02 Å². The Balaban J connectivity index is 1.40. The van der Waals surface area contributed by atoms with Gasteiger partial charge in [-0.2, -0.15) is 0 Å². The molecule has 2 amide bonds. The van der Waals surface area contributed by atoms with Crippen LogP contribution in [0.3, 0.4) is 0 Å². The van der Waals surface area contributed by atoms with Gasteiger partial charge in [0.25, 0.3) is 11.8 Å². The molecule has 0 aliphatic carbocycles. The normalized spacial score (nSPS) is 17.9. The van der Waals surface area contributed by atoms with Crippen molar-refractivity contribution in [1.82, 2.24) is 10.0 Å². The molecular weight excluding hydrogens is 509 g/mol. The molecule has 3 aromatic rings. The first kappa shape index (κ1) is 25.8. The van der Waals surface area contributed by atoms with Gasteiger partial charge in [0.15, 0.2) is 0 Å². The molecule has 11 heteroatoms. The predicted molar refractivity (Wildman–Crippen MR) is 132 cm³/mol. The number of carbonyl (C=O) groups excluding carboxylic acids is 2. The van der Waals surface area contributed by atoms with Gasteiger partial charge in [-0.05, 0) is 53.6 Å².